The van der Waals surface area contributed by atoms with Gasteiger partial charge in [0.15, 0.2) is 0 Å². The Hall–Kier alpha value is -2.36. The van der Waals surface area contributed by atoms with Gasteiger partial charge in [0, 0.05) is 24.5 Å². The van der Waals surface area contributed by atoms with Crippen LogP contribution in [0.1, 0.15) is 42.9 Å². The van der Waals surface area contributed by atoms with Gasteiger partial charge in [0.2, 0.25) is 5.91 Å². The van der Waals surface area contributed by atoms with E-state index in [9.17, 15) is 4.79 Å². The Morgan fingerprint density at radius 1 is 1.17 bits per heavy atom. The zero-order valence-electron chi connectivity index (χ0n) is 14.1. The van der Waals surface area contributed by atoms with Crippen molar-refractivity contribution in [2.75, 3.05) is 13.7 Å². The summed E-state index contributed by atoms with van der Waals surface area (Å²) in [5.74, 6) is 0.948. The van der Waals surface area contributed by atoms with Crippen LogP contribution in [-0.4, -0.2) is 29.4 Å². The number of pyridine rings is 1. The highest BCUT2D eigenvalue weighted by Crippen LogP contribution is 2.31. The van der Waals surface area contributed by atoms with Crippen molar-refractivity contribution in [3.05, 3.63) is 59.9 Å². The first kappa shape index (κ1) is 16.5. The number of rotatable bonds is 4. The summed E-state index contributed by atoms with van der Waals surface area (Å²) in [6, 6.07) is 12.0. The number of benzene rings is 1. The Bertz CT molecular complexity index is 672. The van der Waals surface area contributed by atoms with Gasteiger partial charge in [-0.1, -0.05) is 31.0 Å². The van der Waals surface area contributed by atoms with E-state index in [2.05, 4.69) is 9.88 Å². The number of hydrogen-bond donors (Lipinski definition) is 0. The van der Waals surface area contributed by atoms with Crippen LogP contribution in [0.4, 0.5) is 0 Å². The summed E-state index contributed by atoms with van der Waals surface area (Å²) >= 11 is 0. The van der Waals surface area contributed by atoms with Gasteiger partial charge in [-0.25, -0.2) is 0 Å². The molecule has 0 bridgehead atoms. The van der Waals surface area contributed by atoms with Gasteiger partial charge >= 0.3 is 0 Å². The Labute approximate surface area is 143 Å². The van der Waals surface area contributed by atoms with Crippen molar-refractivity contribution in [3.8, 4) is 5.75 Å². The van der Waals surface area contributed by atoms with E-state index in [4.69, 9.17) is 4.74 Å². The average Bonchev–Trinajstić information content (AvgIpc) is 2.89. The molecule has 126 valence electrons. The Morgan fingerprint density at radius 2 is 1.96 bits per heavy atom. The molecule has 1 aliphatic rings. The van der Waals surface area contributed by atoms with E-state index in [1.54, 1.807) is 7.11 Å². The summed E-state index contributed by atoms with van der Waals surface area (Å²) in [5, 5.41) is 0. The van der Waals surface area contributed by atoms with Gasteiger partial charge in [-0.15, -0.1) is 0 Å². The minimum Gasteiger partial charge on any atom is -0.496 e. The Morgan fingerprint density at radius 3 is 2.75 bits per heavy atom. The number of carbonyl (C=O) groups excluding carboxylic acids is 1. The molecule has 0 N–H and O–H groups in total. The lowest BCUT2D eigenvalue weighted by Crippen LogP contribution is -2.36. The number of aromatic nitrogens is 1. The minimum absolute atomic E-state index is 0.151. The first-order valence-electron chi connectivity index (χ1n) is 8.61. The fraction of sp³-hybridized carbons (Fsp3) is 0.400. The highest BCUT2D eigenvalue weighted by molar-refractivity contribution is 5.80. The summed E-state index contributed by atoms with van der Waals surface area (Å²) in [5.41, 5.74) is 2.13. The van der Waals surface area contributed by atoms with Gasteiger partial charge in [-0.3, -0.25) is 9.78 Å². The normalized spacial score (nSPS) is 18.0. The van der Waals surface area contributed by atoms with E-state index in [0.29, 0.717) is 6.42 Å². The highest BCUT2D eigenvalue weighted by Gasteiger charge is 2.27. The molecule has 0 aliphatic carbocycles. The molecule has 0 spiro atoms. The van der Waals surface area contributed by atoms with Crippen LogP contribution in [-0.2, 0) is 11.2 Å². The van der Waals surface area contributed by atoms with Crippen molar-refractivity contribution in [1.29, 1.82) is 0 Å². The second-order valence-electron chi connectivity index (χ2n) is 6.22. The number of likely N-dealkylation sites (tertiary alicyclic amines) is 1. The van der Waals surface area contributed by atoms with Crippen molar-refractivity contribution >= 4 is 5.91 Å². The monoisotopic (exact) mass is 324 g/mol. The lowest BCUT2D eigenvalue weighted by atomic mass is 10.0. The summed E-state index contributed by atoms with van der Waals surface area (Å²) < 4.78 is 5.39. The number of hydrogen-bond acceptors (Lipinski definition) is 3. The number of ether oxygens (including phenoxy) is 1. The quantitative estimate of drug-likeness (QED) is 0.859. The average molecular weight is 324 g/mol. The van der Waals surface area contributed by atoms with Crippen LogP contribution >= 0.6 is 0 Å². The first-order chi connectivity index (χ1) is 11.8. The molecule has 1 aromatic carbocycles. The smallest absolute Gasteiger partial charge is 0.227 e. The zero-order chi connectivity index (χ0) is 16.8. The van der Waals surface area contributed by atoms with Crippen LogP contribution in [0.5, 0.6) is 5.75 Å². The van der Waals surface area contributed by atoms with Crippen LogP contribution in [0, 0.1) is 0 Å². The van der Waals surface area contributed by atoms with E-state index < -0.39 is 0 Å². The maximum atomic E-state index is 13.0. The van der Waals surface area contributed by atoms with Crippen LogP contribution < -0.4 is 4.74 Å². The van der Waals surface area contributed by atoms with Crippen molar-refractivity contribution < 1.29 is 9.53 Å². The number of nitrogens with zero attached hydrogens (tertiary/aromatic N) is 2. The van der Waals surface area contributed by atoms with E-state index in [1.165, 1.54) is 12.0 Å². The van der Waals surface area contributed by atoms with Crippen molar-refractivity contribution in [2.24, 2.45) is 0 Å². The largest absolute Gasteiger partial charge is 0.496 e. The molecule has 1 aromatic heterocycles. The second-order valence-corrected chi connectivity index (χ2v) is 6.22. The fourth-order valence-electron chi connectivity index (χ4n) is 3.45. The third kappa shape index (κ3) is 3.75. The molecule has 1 aliphatic heterocycles. The van der Waals surface area contributed by atoms with E-state index in [0.717, 1.165) is 37.1 Å². The molecule has 24 heavy (non-hydrogen) atoms. The Kier molecular flexibility index (Phi) is 5.47. The molecular formula is C20H24N2O2. The fourth-order valence-corrected chi connectivity index (χ4v) is 3.45. The molecule has 1 fully saturated rings. The Balaban J connectivity index is 1.82. The predicted octanol–water partition coefficient (Wildman–Crippen LogP) is 3.78. The lowest BCUT2D eigenvalue weighted by molar-refractivity contribution is -0.133. The molecule has 0 unspecified atom stereocenters. The van der Waals surface area contributed by atoms with Gasteiger partial charge in [0.25, 0.3) is 0 Å². The third-order valence-corrected chi connectivity index (χ3v) is 4.70. The summed E-state index contributed by atoms with van der Waals surface area (Å²) in [7, 11) is 1.65. The molecular weight excluding hydrogens is 300 g/mol. The molecule has 0 radical (unpaired) electrons. The SMILES string of the molecule is COc1ccccc1CC(=O)N1CCCCC[C@@H]1c1ccncc1. The molecule has 4 heteroatoms. The van der Waals surface area contributed by atoms with Gasteiger partial charge < -0.3 is 9.64 Å². The van der Waals surface area contributed by atoms with E-state index >= 15 is 0 Å². The van der Waals surface area contributed by atoms with Gasteiger partial charge in [-0.05, 0) is 36.6 Å². The van der Waals surface area contributed by atoms with E-state index in [1.807, 2.05) is 48.8 Å². The van der Waals surface area contributed by atoms with E-state index in [-0.39, 0.29) is 11.9 Å². The second kappa shape index (κ2) is 7.95. The molecule has 4 nitrogen and oxygen atoms in total. The third-order valence-electron chi connectivity index (χ3n) is 4.70. The van der Waals surface area contributed by atoms with Crippen LogP contribution in [0.25, 0.3) is 0 Å². The van der Waals surface area contributed by atoms with Gasteiger partial charge in [-0.2, -0.15) is 0 Å². The summed E-state index contributed by atoms with van der Waals surface area (Å²) in [6.45, 7) is 0.820. The van der Waals surface area contributed by atoms with Crippen molar-refractivity contribution in [2.45, 2.75) is 38.1 Å². The minimum atomic E-state index is 0.151. The lowest BCUT2D eigenvalue weighted by Gasteiger charge is -2.30. The molecule has 1 saturated heterocycles. The molecule has 1 amide bonds. The zero-order valence-corrected chi connectivity index (χ0v) is 14.1. The van der Waals surface area contributed by atoms with Crippen LogP contribution in [0.2, 0.25) is 0 Å². The maximum Gasteiger partial charge on any atom is 0.227 e. The molecule has 0 saturated carbocycles. The number of carbonyl (C=O) groups is 1. The number of amides is 1. The number of para-hydroxylation sites is 1. The molecule has 2 heterocycles. The maximum absolute atomic E-state index is 13.0. The van der Waals surface area contributed by atoms with Gasteiger partial charge in [0.1, 0.15) is 5.75 Å². The first-order valence-corrected chi connectivity index (χ1v) is 8.61. The standard InChI is InChI=1S/C20H24N2O2/c1-24-19-9-5-4-7-17(19)15-20(23)22-14-6-2-3-8-18(22)16-10-12-21-13-11-16/h4-5,7,9-13,18H,2-3,6,8,14-15H2,1H3/t18-/m1/s1. The van der Waals surface area contributed by atoms with Gasteiger partial charge in [0.05, 0.1) is 19.6 Å². The van der Waals surface area contributed by atoms with Crippen molar-refractivity contribution in [3.63, 3.8) is 0 Å². The summed E-state index contributed by atoms with van der Waals surface area (Å²) in [4.78, 5) is 19.2. The topological polar surface area (TPSA) is 42.4 Å². The number of methoxy groups -OCH3 is 1. The summed E-state index contributed by atoms with van der Waals surface area (Å²) in [6.07, 6.45) is 8.42. The molecule has 3 rings (SSSR count). The van der Waals surface area contributed by atoms with Crippen LogP contribution in [0.3, 0.4) is 0 Å². The molecule has 2 aromatic rings. The van der Waals surface area contributed by atoms with Crippen LogP contribution in [0.15, 0.2) is 48.8 Å². The highest BCUT2D eigenvalue weighted by atomic mass is 16.5. The molecule has 1 atom stereocenters. The van der Waals surface area contributed by atoms with Crippen molar-refractivity contribution in [1.82, 2.24) is 9.88 Å². The predicted molar refractivity (Wildman–Crippen MR) is 93.9 cm³/mol.